The maximum Gasteiger partial charge on any atom is 0.272 e. The van der Waals surface area contributed by atoms with Gasteiger partial charge in [0.1, 0.15) is 0 Å². The number of benzodiazepines with no additional fused rings is 1. The fourth-order valence-electron chi connectivity index (χ4n) is 4.49. The van der Waals surface area contributed by atoms with Crippen molar-refractivity contribution in [3.63, 3.8) is 0 Å². The van der Waals surface area contributed by atoms with Crippen LogP contribution in [0.25, 0.3) is 0 Å². The van der Waals surface area contributed by atoms with Gasteiger partial charge < -0.3 is 15.3 Å². The molecule has 4 rings (SSSR count). The van der Waals surface area contributed by atoms with Crippen LogP contribution >= 0.6 is 0 Å². The van der Waals surface area contributed by atoms with Crippen LogP contribution in [0.2, 0.25) is 0 Å². The molecular weight excluding hydrogens is 428 g/mol. The zero-order valence-corrected chi connectivity index (χ0v) is 20.2. The molecule has 0 spiro atoms. The summed E-state index contributed by atoms with van der Waals surface area (Å²) in [6.45, 7) is 4.04. The number of amides is 2. The van der Waals surface area contributed by atoms with Gasteiger partial charge in [-0.1, -0.05) is 50.8 Å². The number of nitrogens with zero attached hydrogens (tertiary/aromatic N) is 3. The van der Waals surface area contributed by atoms with Crippen LogP contribution in [0.5, 0.6) is 0 Å². The summed E-state index contributed by atoms with van der Waals surface area (Å²) in [7, 11) is 1.69. The lowest BCUT2D eigenvalue weighted by Crippen LogP contribution is -2.49. The molecule has 1 aromatic heterocycles. The third kappa shape index (κ3) is 5.36. The SMILES string of the molecule is CCCC[C@H](O)[C@H](CC1CC1)C(=O)NC1N=C(c2cc(C)ccn2)c2ccccc2N(C)C1=O. The highest BCUT2D eigenvalue weighted by Crippen LogP contribution is 2.37. The minimum atomic E-state index is -1.10. The molecule has 2 N–H and O–H groups in total. The number of rotatable bonds is 9. The Kier molecular flexibility index (Phi) is 7.41. The molecule has 1 aliphatic carbocycles. The fraction of sp³-hybridized carbons (Fsp3) is 0.481. The Morgan fingerprint density at radius 1 is 1.26 bits per heavy atom. The molecular formula is C27H34N4O3. The summed E-state index contributed by atoms with van der Waals surface area (Å²) in [4.78, 5) is 37.6. The van der Waals surface area contributed by atoms with Crippen LogP contribution in [0.1, 0.15) is 62.3 Å². The van der Waals surface area contributed by atoms with Gasteiger partial charge in [-0.25, -0.2) is 4.99 Å². The number of likely N-dealkylation sites (N-methyl/N-ethyl adjacent to an activating group) is 1. The zero-order valence-electron chi connectivity index (χ0n) is 20.2. The number of aliphatic hydroxyl groups excluding tert-OH is 1. The maximum absolute atomic E-state index is 13.4. The number of aryl methyl sites for hydroxylation is 1. The topological polar surface area (TPSA) is 94.9 Å². The van der Waals surface area contributed by atoms with Gasteiger partial charge in [-0.2, -0.15) is 0 Å². The summed E-state index contributed by atoms with van der Waals surface area (Å²) in [5.41, 5.74) is 3.73. The van der Waals surface area contributed by atoms with E-state index in [2.05, 4.69) is 17.2 Å². The normalized spacial score (nSPS) is 19.6. The average Bonchev–Trinajstić information content (AvgIpc) is 3.67. The molecule has 1 unspecified atom stereocenters. The van der Waals surface area contributed by atoms with Crippen molar-refractivity contribution in [2.75, 3.05) is 11.9 Å². The highest BCUT2D eigenvalue weighted by atomic mass is 16.3. The summed E-state index contributed by atoms with van der Waals surface area (Å²) < 4.78 is 0. The number of pyridine rings is 1. The monoisotopic (exact) mass is 462 g/mol. The number of fused-ring (bicyclic) bond motifs is 1. The summed E-state index contributed by atoms with van der Waals surface area (Å²) in [5.74, 6) is -0.706. The number of benzene rings is 1. The quantitative estimate of drug-likeness (QED) is 0.595. The predicted molar refractivity (Wildman–Crippen MR) is 133 cm³/mol. The van der Waals surface area contributed by atoms with E-state index in [9.17, 15) is 14.7 Å². The molecule has 3 atom stereocenters. The standard InChI is InChI=1S/C27H34N4O3/c1-4-5-10-23(32)20(16-18-11-12-18)26(33)30-25-27(34)31(3)22-9-7-6-8-19(22)24(29-25)21-15-17(2)13-14-28-21/h6-9,13-15,18,20,23,25,32H,4-5,10-12,16H2,1-3H3,(H,30,33)/t20-,23-,25?/m0/s1. The number of aliphatic imine (C=N–C) groups is 1. The highest BCUT2D eigenvalue weighted by molar-refractivity contribution is 6.19. The van der Waals surface area contributed by atoms with Gasteiger partial charge in [-0.15, -0.1) is 0 Å². The Balaban J connectivity index is 1.67. The molecule has 2 aromatic rings. The number of aromatic nitrogens is 1. The zero-order chi connectivity index (χ0) is 24.2. The molecule has 0 bridgehead atoms. The van der Waals surface area contributed by atoms with Gasteiger partial charge in [0.15, 0.2) is 0 Å². The second-order valence-corrected chi connectivity index (χ2v) is 9.52. The Hall–Kier alpha value is -3.06. The number of hydrogen-bond donors (Lipinski definition) is 2. The molecule has 2 heterocycles. The van der Waals surface area contributed by atoms with E-state index >= 15 is 0 Å². The molecule has 7 nitrogen and oxygen atoms in total. The molecule has 7 heteroatoms. The van der Waals surface area contributed by atoms with Crippen LogP contribution in [-0.2, 0) is 9.59 Å². The number of hydrogen-bond acceptors (Lipinski definition) is 5. The first-order valence-corrected chi connectivity index (χ1v) is 12.2. The van der Waals surface area contributed by atoms with Gasteiger partial charge in [0.25, 0.3) is 5.91 Å². The maximum atomic E-state index is 13.4. The van der Waals surface area contributed by atoms with E-state index in [1.54, 1.807) is 13.2 Å². The van der Waals surface area contributed by atoms with E-state index < -0.39 is 18.2 Å². The fourth-order valence-corrected chi connectivity index (χ4v) is 4.49. The molecule has 1 aromatic carbocycles. The van der Waals surface area contributed by atoms with Crippen molar-refractivity contribution < 1.29 is 14.7 Å². The van der Waals surface area contributed by atoms with Gasteiger partial charge in [0.05, 0.1) is 29.1 Å². The summed E-state index contributed by atoms with van der Waals surface area (Å²) in [6, 6.07) is 11.4. The molecule has 1 aliphatic heterocycles. The minimum absolute atomic E-state index is 0.312. The lowest BCUT2D eigenvalue weighted by Gasteiger charge is -2.25. The van der Waals surface area contributed by atoms with Crippen LogP contribution in [0.15, 0.2) is 47.6 Å². The van der Waals surface area contributed by atoms with E-state index in [4.69, 9.17) is 4.99 Å². The van der Waals surface area contributed by atoms with E-state index in [-0.39, 0.29) is 11.8 Å². The van der Waals surface area contributed by atoms with Crippen molar-refractivity contribution >= 4 is 23.2 Å². The van der Waals surface area contributed by atoms with Gasteiger partial charge >= 0.3 is 0 Å². The van der Waals surface area contributed by atoms with Gasteiger partial charge in [-0.3, -0.25) is 14.6 Å². The van der Waals surface area contributed by atoms with E-state index in [0.717, 1.165) is 36.8 Å². The van der Waals surface area contributed by atoms with Gasteiger partial charge in [0, 0.05) is 18.8 Å². The van der Waals surface area contributed by atoms with Crippen LogP contribution in [0, 0.1) is 18.8 Å². The van der Waals surface area contributed by atoms with Crippen LogP contribution in [0.4, 0.5) is 5.69 Å². The Morgan fingerprint density at radius 3 is 2.74 bits per heavy atom. The van der Waals surface area contributed by atoms with Gasteiger partial charge in [-0.05, 0) is 49.4 Å². The summed E-state index contributed by atoms with van der Waals surface area (Å²) in [6.07, 6.45) is 5.11. The second-order valence-electron chi connectivity index (χ2n) is 9.52. The molecule has 1 fully saturated rings. The molecule has 1 saturated carbocycles. The second kappa shape index (κ2) is 10.5. The average molecular weight is 463 g/mol. The lowest BCUT2D eigenvalue weighted by molar-refractivity contribution is -0.133. The van der Waals surface area contributed by atoms with Crippen molar-refractivity contribution in [2.45, 2.75) is 64.6 Å². The third-order valence-electron chi connectivity index (χ3n) is 6.72. The summed E-state index contributed by atoms with van der Waals surface area (Å²) >= 11 is 0. The van der Waals surface area contributed by atoms with Crippen molar-refractivity contribution in [1.29, 1.82) is 0 Å². The van der Waals surface area contributed by atoms with Crippen LogP contribution < -0.4 is 10.2 Å². The number of carbonyl (C=O) groups is 2. The largest absolute Gasteiger partial charge is 0.392 e. The predicted octanol–water partition coefficient (Wildman–Crippen LogP) is 3.61. The van der Waals surface area contributed by atoms with Crippen molar-refractivity contribution in [1.82, 2.24) is 10.3 Å². The number of nitrogens with one attached hydrogen (secondary N) is 1. The highest BCUT2D eigenvalue weighted by Gasteiger charge is 2.37. The van der Waals surface area contributed by atoms with Crippen LogP contribution in [-0.4, -0.2) is 46.9 Å². The van der Waals surface area contributed by atoms with Crippen molar-refractivity contribution in [3.8, 4) is 0 Å². The number of carbonyl (C=O) groups excluding carboxylic acids is 2. The molecule has 34 heavy (non-hydrogen) atoms. The van der Waals surface area contributed by atoms with E-state index in [1.165, 1.54) is 4.90 Å². The third-order valence-corrected chi connectivity index (χ3v) is 6.72. The number of anilines is 1. The molecule has 0 saturated heterocycles. The van der Waals surface area contributed by atoms with Crippen molar-refractivity contribution in [3.05, 3.63) is 59.4 Å². The van der Waals surface area contributed by atoms with Crippen LogP contribution in [0.3, 0.4) is 0 Å². The first-order valence-electron chi connectivity index (χ1n) is 12.2. The lowest BCUT2D eigenvalue weighted by atomic mass is 9.91. The first-order chi connectivity index (χ1) is 16.4. The first kappa shape index (κ1) is 24.1. The van der Waals surface area contributed by atoms with Gasteiger partial charge in [0.2, 0.25) is 12.1 Å². The number of para-hydroxylation sites is 1. The smallest absolute Gasteiger partial charge is 0.272 e. The van der Waals surface area contributed by atoms with Crippen molar-refractivity contribution in [2.24, 2.45) is 16.8 Å². The molecule has 2 aliphatic rings. The summed E-state index contributed by atoms with van der Waals surface area (Å²) in [5, 5.41) is 13.7. The minimum Gasteiger partial charge on any atom is -0.392 e. The number of unbranched alkanes of at least 4 members (excludes halogenated alkanes) is 1. The van der Waals surface area contributed by atoms with E-state index in [0.29, 0.717) is 35.9 Å². The molecule has 2 amide bonds. The van der Waals surface area contributed by atoms with E-state index in [1.807, 2.05) is 43.3 Å². The Bertz CT molecular complexity index is 1080. The molecule has 0 radical (unpaired) electrons. The Morgan fingerprint density at radius 2 is 2.03 bits per heavy atom. The Labute approximate surface area is 201 Å². The number of aliphatic hydroxyl groups is 1. The molecule has 180 valence electrons.